The van der Waals surface area contributed by atoms with Crippen molar-refractivity contribution in [2.24, 2.45) is 0 Å². The lowest BCUT2D eigenvalue weighted by Crippen LogP contribution is -2.19. The monoisotopic (exact) mass is 345 g/mol. The van der Waals surface area contributed by atoms with E-state index in [1.165, 1.54) is 0 Å². The summed E-state index contributed by atoms with van der Waals surface area (Å²) in [5.74, 6) is 1.20. The smallest absolute Gasteiger partial charge is 0.229 e. The van der Waals surface area contributed by atoms with Crippen LogP contribution in [0.25, 0.3) is 10.9 Å². The van der Waals surface area contributed by atoms with Crippen molar-refractivity contribution in [3.8, 4) is 0 Å². The molecular weight excluding hydrogens is 330 g/mol. The first kappa shape index (κ1) is 14.5. The van der Waals surface area contributed by atoms with Crippen molar-refractivity contribution < 1.29 is 0 Å². The quantitative estimate of drug-likeness (QED) is 0.334. The average Bonchev–Trinajstić information content (AvgIpc) is 3.31. The number of aromatic amines is 1. The molecule has 0 fully saturated rings. The van der Waals surface area contributed by atoms with E-state index in [1.807, 2.05) is 42.5 Å². The largest absolute Gasteiger partial charge is 0.339 e. The Bertz CT molecular complexity index is 1090. The number of nitrogens with one attached hydrogen (secondary N) is 6. The molecule has 26 heavy (non-hydrogen) atoms. The molecule has 0 atom stereocenters. The van der Waals surface area contributed by atoms with Gasteiger partial charge in [0.05, 0.1) is 28.8 Å². The number of rotatable bonds is 4. The van der Waals surface area contributed by atoms with Crippen LogP contribution >= 0.6 is 0 Å². The summed E-state index contributed by atoms with van der Waals surface area (Å²) in [6.45, 7) is 0. The van der Waals surface area contributed by atoms with Crippen LogP contribution in [0.15, 0.2) is 54.9 Å². The second-order valence-electron chi connectivity index (χ2n) is 5.79. The second-order valence-corrected chi connectivity index (χ2v) is 5.79. The zero-order valence-electron chi connectivity index (χ0n) is 13.5. The van der Waals surface area contributed by atoms with Gasteiger partial charge in [0.2, 0.25) is 5.95 Å². The molecule has 0 unspecified atom stereocenters. The molecule has 2 aromatic heterocycles. The van der Waals surface area contributed by atoms with Crippen LogP contribution in [0.3, 0.4) is 0 Å². The highest BCUT2D eigenvalue weighted by Crippen LogP contribution is 2.29. The predicted molar refractivity (Wildman–Crippen MR) is 102 cm³/mol. The van der Waals surface area contributed by atoms with E-state index in [4.69, 9.17) is 0 Å². The highest BCUT2D eigenvalue weighted by Gasteiger charge is 2.10. The number of H-pyrrole nitrogens is 1. The van der Waals surface area contributed by atoms with Crippen LogP contribution in [-0.2, 0) is 0 Å². The van der Waals surface area contributed by atoms with Crippen LogP contribution in [-0.4, -0.2) is 20.2 Å². The van der Waals surface area contributed by atoms with Crippen LogP contribution in [0, 0.1) is 0 Å². The summed E-state index contributed by atoms with van der Waals surface area (Å²) in [7, 11) is 0. The van der Waals surface area contributed by atoms with Gasteiger partial charge in [0.25, 0.3) is 0 Å². The summed E-state index contributed by atoms with van der Waals surface area (Å²) in [4.78, 5) is 8.82. The number of aromatic nitrogens is 4. The Kier molecular flexibility index (Phi) is 3.29. The van der Waals surface area contributed by atoms with E-state index in [0.29, 0.717) is 11.8 Å². The Morgan fingerprint density at radius 3 is 2.88 bits per heavy atom. The predicted octanol–water partition coefficient (Wildman–Crippen LogP) is 3.10. The minimum atomic E-state index is 0.508. The molecule has 0 radical (unpaired) electrons. The Balaban J connectivity index is 1.40. The minimum absolute atomic E-state index is 0.508. The Hall–Kier alpha value is -3.85. The molecule has 2 aromatic carbocycles. The number of nitrogens with zero attached hydrogens (tertiary/aromatic N) is 3. The average molecular weight is 345 g/mol. The summed E-state index contributed by atoms with van der Waals surface area (Å²) in [5, 5.41) is 14.6. The molecule has 6 N–H and O–H groups in total. The zero-order valence-corrected chi connectivity index (χ0v) is 13.5. The van der Waals surface area contributed by atoms with Gasteiger partial charge in [0, 0.05) is 17.3 Å². The Morgan fingerprint density at radius 2 is 1.88 bits per heavy atom. The minimum Gasteiger partial charge on any atom is -0.339 e. The molecular formula is C17H15N9. The molecule has 128 valence electrons. The molecule has 0 bridgehead atoms. The van der Waals surface area contributed by atoms with Gasteiger partial charge in [-0.15, -0.1) is 5.53 Å². The van der Waals surface area contributed by atoms with Gasteiger partial charge in [0.15, 0.2) is 0 Å². The molecule has 0 saturated carbocycles. The van der Waals surface area contributed by atoms with Gasteiger partial charge in [-0.1, -0.05) is 6.07 Å². The fourth-order valence-corrected chi connectivity index (χ4v) is 2.83. The molecule has 1 aliphatic rings. The molecule has 3 heterocycles. The van der Waals surface area contributed by atoms with Crippen LogP contribution < -0.4 is 27.0 Å². The normalized spacial score (nSPS) is 12.3. The molecule has 0 aliphatic carbocycles. The number of anilines is 6. The lowest BCUT2D eigenvalue weighted by atomic mass is 10.2. The van der Waals surface area contributed by atoms with Crippen LogP contribution in [0.1, 0.15) is 0 Å². The van der Waals surface area contributed by atoms with Crippen molar-refractivity contribution in [3.63, 3.8) is 0 Å². The van der Waals surface area contributed by atoms with Gasteiger partial charge < -0.3 is 21.5 Å². The maximum atomic E-state index is 4.53. The van der Waals surface area contributed by atoms with Gasteiger partial charge in [-0.3, -0.25) is 5.10 Å². The molecule has 4 aromatic rings. The van der Waals surface area contributed by atoms with Crippen molar-refractivity contribution in [1.29, 1.82) is 0 Å². The molecule has 0 spiro atoms. The summed E-state index contributed by atoms with van der Waals surface area (Å²) < 4.78 is 0. The van der Waals surface area contributed by atoms with Crippen LogP contribution in [0.5, 0.6) is 0 Å². The highest BCUT2D eigenvalue weighted by molar-refractivity contribution is 5.92. The first-order chi connectivity index (χ1) is 12.8. The maximum Gasteiger partial charge on any atom is 0.229 e. The van der Waals surface area contributed by atoms with Crippen molar-refractivity contribution >= 4 is 45.4 Å². The van der Waals surface area contributed by atoms with Crippen molar-refractivity contribution in [1.82, 2.24) is 25.7 Å². The fourth-order valence-electron chi connectivity index (χ4n) is 2.83. The van der Waals surface area contributed by atoms with Crippen LogP contribution in [0.4, 0.5) is 34.5 Å². The Morgan fingerprint density at radius 1 is 0.923 bits per heavy atom. The third-order valence-corrected chi connectivity index (χ3v) is 4.07. The third kappa shape index (κ3) is 2.62. The van der Waals surface area contributed by atoms with Gasteiger partial charge in [-0.05, 0) is 36.4 Å². The molecule has 0 saturated heterocycles. The van der Waals surface area contributed by atoms with E-state index in [1.54, 1.807) is 12.4 Å². The molecule has 0 amide bonds. The first-order valence-electron chi connectivity index (χ1n) is 8.05. The van der Waals surface area contributed by atoms with Crippen LogP contribution in [0.2, 0.25) is 0 Å². The van der Waals surface area contributed by atoms with Gasteiger partial charge >= 0.3 is 0 Å². The number of fused-ring (bicyclic) bond motifs is 2. The van der Waals surface area contributed by atoms with Gasteiger partial charge in [-0.2, -0.15) is 10.1 Å². The lowest BCUT2D eigenvalue weighted by Gasteiger charge is -2.09. The number of hydrazine groups is 2. The zero-order chi connectivity index (χ0) is 17.3. The summed E-state index contributed by atoms with van der Waals surface area (Å²) in [5.41, 5.74) is 13.6. The van der Waals surface area contributed by atoms with E-state index in [-0.39, 0.29) is 0 Å². The maximum absolute atomic E-state index is 4.53. The van der Waals surface area contributed by atoms with E-state index >= 15 is 0 Å². The van der Waals surface area contributed by atoms with E-state index in [2.05, 4.69) is 47.2 Å². The van der Waals surface area contributed by atoms with Crippen molar-refractivity contribution in [2.75, 3.05) is 21.5 Å². The van der Waals surface area contributed by atoms with Crippen molar-refractivity contribution in [2.45, 2.75) is 0 Å². The molecule has 1 aliphatic heterocycles. The Labute approximate surface area is 148 Å². The van der Waals surface area contributed by atoms with Gasteiger partial charge in [0.1, 0.15) is 5.82 Å². The highest BCUT2D eigenvalue weighted by atomic mass is 15.6. The number of benzene rings is 2. The summed E-state index contributed by atoms with van der Waals surface area (Å²) in [6.07, 6.45) is 3.50. The SMILES string of the molecule is c1cc(Nc2ccnc(Nc3ccc4c(c3)NNN4)n2)c2cn[nH]c2c1. The molecule has 9 nitrogen and oxygen atoms in total. The van der Waals surface area contributed by atoms with E-state index < -0.39 is 0 Å². The third-order valence-electron chi connectivity index (χ3n) is 4.07. The molecule has 5 rings (SSSR count). The lowest BCUT2D eigenvalue weighted by molar-refractivity contribution is 1.01. The summed E-state index contributed by atoms with van der Waals surface area (Å²) in [6, 6.07) is 13.6. The van der Waals surface area contributed by atoms with Gasteiger partial charge in [-0.25, -0.2) is 4.98 Å². The fraction of sp³-hybridized carbons (Fsp3) is 0. The topological polar surface area (TPSA) is 115 Å². The van der Waals surface area contributed by atoms with Crippen molar-refractivity contribution in [3.05, 3.63) is 54.9 Å². The second kappa shape index (κ2) is 5.90. The number of hydrogen-bond acceptors (Lipinski definition) is 8. The first-order valence-corrected chi connectivity index (χ1v) is 8.05. The van der Waals surface area contributed by atoms with E-state index in [0.717, 1.165) is 33.7 Å². The summed E-state index contributed by atoms with van der Waals surface area (Å²) >= 11 is 0. The van der Waals surface area contributed by atoms with E-state index in [9.17, 15) is 0 Å². The molecule has 9 heteroatoms. The number of hydrogen-bond donors (Lipinski definition) is 6. The standard InChI is InChI=1S/C17H15N9/c1-2-12(11-9-19-23-13(11)3-1)21-16-6-7-18-17(22-16)20-10-4-5-14-15(8-10)25-26-24-14/h1-9,24-26H,(H,19,23)(H2,18,20,21,22).